The van der Waals surface area contributed by atoms with Crippen LogP contribution in [0.15, 0.2) is 24.3 Å². The minimum atomic E-state index is -3.47. The van der Waals surface area contributed by atoms with Crippen molar-refractivity contribution in [3.05, 3.63) is 29.8 Å². The number of rotatable bonds is 4. The lowest BCUT2D eigenvalue weighted by Crippen LogP contribution is -2.34. The van der Waals surface area contributed by atoms with Gasteiger partial charge in [-0.15, -0.1) is 0 Å². The first-order valence-corrected chi connectivity index (χ1v) is 5.89. The van der Waals surface area contributed by atoms with Crippen molar-refractivity contribution in [2.45, 2.75) is 45.2 Å². The topological polar surface area (TPSA) is 9.23 Å². The largest absolute Gasteiger partial charge is 0.487 e. The Labute approximate surface area is 106 Å². The van der Waals surface area contributed by atoms with Gasteiger partial charge < -0.3 is 4.74 Å². The predicted molar refractivity (Wildman–Crippen MR) is 66.2 cm³/mol. The monoisotopic (exact) mass is 260 g/mol. The van der Waals surface area contributed by atoms with Crippen LogP contribution >= 0.6 is 0 Å². The predicted octanol–water partition coefficient (Wildman–Crippen LogP) is 4.36. The van der Waals surface area contributed by atoms with Gasteiger partial charge in [0.2, 0.25) is 0 Å². The summed E-state index contributed by atoms with van der Waals surface area (Å²) in [5.41, 5.74) is 0.611. The molecule has 0 aliphatic carbocycles. The Bertz CT molecular complexity index is 394. The molecule has 0 bridgehead atoms. The van der Waals surface area contributed by atoms with Crippen LogP contribution in [-0.2, 0) is 5.41 Å². The molecule has 0 saturated heterocycles. The molecular formula is C14H19F3O. The number of alkyl halides is 3. The van der Waals surface area contributed by atoms with Gasteiger partial charge in [0.05, 0.1) is 0 Å². The van der Waals surface area contributed by atoms with E-state index in [1.54, 1.807) is 12.1 Å². The van der Waals surface area contributed by atoms with E-state index in [4.69, 9.17) is 4.74 Å². The van der Waals surface area contributed by atoms with Gasteiger partial charge in [0, 0.05) is 0 Å². The Kier molecular flexibility index (Phi) is 4.30. The Hall–Kier alpha value is -1.19. The van der Waals surface area contributed by atoms with Crippen molar-refractivity contribution in [1.29, 1.82) is 0 Å². The van der Waals surface area contributed by atoms with Crippen LogP contribution in [0.2, 0.25) is 0 Å². The number of ether oxygens (including phenoxy) is 1. The number of hydrogen-bond donors (Lipinski definition) is 0. The van der Waals surface area contributed by atoms with Crippen LogP contribution in [0.1, 0.15) is 33.3 Å². The zero-order valence-corrected chi connectivity index (χ0v) is 11.1. The van der Waals surface area contributed by atoms with E-state index in [-0.39, 0.29) is 5.41 Å². The second kappa shape index (κ2) is 5.21. The first-order valence-electron chi connectivity index (χ1n) is 5.89. The van der Waals surface area contributed by atoms with Crippen LogP contribution in [-0.4, -0.2) is 18.7 Å². The van der Waals surface area contributed by atoms with Gasteiger partial charge in [0.25, 0.3) is 0 Å². The van der Waals surface area contributed by atoms with E-state index in [2.05, 4.69) is 0 Å². The molecular weight excluding hydrogens is 241 g/mol. The second-order valence-corrected chi connectivity index (χ2v) is 5.41. The van der Waals surface area contributed by atoms with E-state index < -0.39 is 18.7 Å². The molecule has 0 saturated carbocycles. The van der Waals surface area contributed by atoms with Crippen LogP contribution in [0, 0.1) is 0 Å². The molecule has 1 aromatic rings. The van der Waals surface area contributed by atoms with Gasteiger partial charge >= 0.3 is 5.92 Å². The summed E-state index contributed by atoms with van der Waals surface area (Å²) in [6, 6.07) is 6.98. The Morgan fingerprint density at radius 2 is 1.72 bits per heavy atom. The third-order valence-corrected chi connectivity index (χ3v) is 2.70. The molecule has 1 rings (SSSR count). The molecule has 0 N–H and O–H groups in total. The fourth-order valence-electron chi connectivity index (χ4n) is 1.50. The zero-order chi connectivity index (χ0) is 14.0. The normalized spacial score (nSPS) is 14.4. The highest BCUT2D eigenvalue weighted by Crippen LogP contribution is 2.32. The molecule has 0 amide bonds. The van der Waals surface area contributed by atoms with Gasteiger partial charge in [0.1, 0.15) is 5.75 Å². The molecule has 0 aliphatic heterocycles. The highest BCUT2D eigenvalue weighted by atomic mass is 19.3. The van der Waals surface area contributed by atoms with E-state index in [9.17, 15) is 13.2 Å². The molecule has 0 fully saturated rings. The number of benzene rings is 1. The average molecular weight is 260 g/mol. The van der Waals surface area contributed by atoms with Crippen LogP contribution in [0.25, 0.3) is 0 Å². The Morgan fingerprint density at radius 3 is 2.22 bits per heavy atom. The first kappa shape index (κ1) is 14.9. The maximum Gasteiger partial charge on any atom is 0.311 e. The summed E-state index contributed by atoms with van der Waals surface area (Å²) in [7, 11) is 0. The van der Waals surface area contributed by atoms with Crippen LogP contribution in [0.4, 0.5) is 13.2 Å². The van der Waals surface area contributed by atoms with Gasteiger partial charge in [0.15, 0.2) is 12.8 Å². The molecule has 1 aromatic carbocycles. The van der Waals surface area contributed by atoms with E-state index in [0.717, 1.165) is 12.5 Å². The van der Waals surface area contributed by atoms with Gasteiger partial charge in [-0.3, -0.25) is 0 Å². The van der Waals surface area contributed by atoms with Crippen molar-refractivity contribution in [3.63, 3.8) is 0 Å². The average Bonchev–Trinajstić information content (AvgIpc) is 2.25. The maximum absolute atomic E-state index is 13.2. The SMILES string of the molecule is CC(F)C(F)(F)COc1ccccc1C(C)(C)C. The molecule has 1 unspecified atom stereocenters. The highest BCUT2D eigenvalue weighted by molar-refractivity contribution is 5.38. The lowest BCUT2D eigenvalue weighted by Gasteiger charge is -2.24. The standard InChI is InChI=1S/C14H19F3O/c1-10(15)14(16,17)9-18-12-8-6-5-7-11(12)13(2,3)4/h5-8,10H,9H2,1-4H3. The van der Waals surface area contributed by atoms with Gasteiger partial charge in [-0.25, -0.2) is 4.39 Å². The smallest absolute Gasteiger partial charge is 0.311 e. The minimum Gasteiger partial charge on any atom is -0.487 e. The summed E-state index contributed by atoms with van der Waals surface area (Å²) in [5, 5.41) is 0. The van der Waals surface area contributed by atoms with Crippen LogP contribution in [0.5, 0.6) is 5.75 Å². The molecule has 102 valence electrons. The third kappa shape index (κ3) is 3.65. The summed E-state index contributed by atoms with van der Waals surface area (Å²) in [5.74, 6) is -3.09. The van der Waals surface area contributed by atoms with E-state index in [1.807, 2.05) is 32.9 Å². The van der Waals surface area contributed by atoms with Crippen LogP contribution < -0.4 is 4.74 Å². The van der Waals surface area contributed by atoms with Crippen molar-refractivity contribution in [2.75, 3.05) is 6.61 Å². The molecule has 1 atom stereocenters. The zero-order valence-electron chi connectivity index (χ0n) is 11.1. The summed E-state index contributed by atoms with van der Waals surface area (Å²) in [4.78, 5) is 0. The fraction of sp³-hybridized carbons (Fsp3) is 0.571. The molecule has 4 heteroatoms. The Balaban J connectivity index is 2.86. The van der Waals surface area contributed by atoms with Crippen molar-refractivity contribution in [3.8, 4) is 5.75 Å². The molecule has 0 aliphatic rings. The van der Waals surface area contributed by atoms with Crippen molar-refractivity contribution in [1.82, 2.24) is 0 Å². The molecule has 0 radical (unpaired) electrons. The second-order valence-electron chi connectivity index (χ2n) is 5.41. The summed E-state index contributed by atoms with van der Waals surface area (Å²) in [6.07, 6.45) is -2.22. The van der Waals surface area contributed by atoms with Crippen molar-refractivity contribution >= 4 is 0 Å². The first-order chi connectivity index (χ1) is 8.14. The summed E-state index contributed by atoms with van der Waals surface area (Å²) >= 11 is 0. The molecule has 0 aromatic heterocycles. The number of halogens is 3. The molecule has 0 spiro atoms. The quantitative estimate of drug-likeness (QED) is 0.781. The summed E-state index contributed by atoms with van der Waals surface area (Å²) < 4.78 is 44.1. The fourth-order valence-corrected chi connectivity index (χ4v) is 1.50. The molecule has 18 heavy (non-hydrogen) atoms. The number of hydrogen-bond acceptors (Lipinski definition) is 1. The third-order valence-electron chi connectivity index (χ3n) is 2.70. The lowest BCUT2D eigenvalue weighted by atomic mass is 9.86. The van der Waals surface area contributed by atoms with Crippen molar-refractivity contribution < 1.29 is 17.9 Å². The van der Waals surface area contributed by atoms with E-state index >= 15 is 0 Å². The summed E-state index contributed by atoms with van der Waals surface area (Å²) in [6.45, 7) is 5.78. The maximum atomic E-state index is 13.2. The van der Waals surface area contributed by atoms with Crippen LogP contribution in [0.3, 0.4) is 0 Å². The van der Waals surface area contributed by atoms with Crippen molar-refractivity contribution in [2.24, 2.45) is 0 Å². The van der Waals surface area contributed by atoms with Gasteiger partial charge in [-0.1, -0.05) is 39.0 Å². The minimum absolute atomic E-state index is 0.215. The number of para-hydroxylation sites is 1. The van der Waals surface area contributed by atoms with E-state index in [1.165, 1.54) is 0 Å². The van der Waals surface area contributed by atoms with E-state index in [0.29, 0.717) is 5.75 Å². The molecule has 0 heterocycles. The Morgan fingerprint density at radius 1 is 1.17 bits per heavy atom. The molecule has 1 nitrogen and oxygen atoms in total. The lowest BCUT2D eigenvalue weighted by molar-refractivity contribution is -0.0943. The van der Waals surface area contributed by atoms with Gasteiger partial charge in [-0.2, -0.15) is 8.78 Å². The highest BCUT2D eigenvalue weighted by Gasteiger charge is 2.38. The van der Waals surface area contributed by atoms with Gasteiger partial charge in [-0.05, 0) is 24.0 Å².